The van der Waals surface area contributed by atoms with Crippen LogP contribution in [0.2, 0.25) is 0 Å². The molecule has 11 atom stereocenters. The van der Waals surface area contributed by atoms with Gasteiger partial charge in [-0.15, -0.1) is 0 Å². The molecule has 0 spiro atoms. The standard InChI is InChI=1S/C62H96N14O11/c1-9-38(8)52(76-57(82)45(25-28-64)68-54(79)43(66)32-40-20-22-42(23-21-40)41-18-14-11-15-19-41)62(87)70-44(24-27-63)55(80)72-49(33-39-16-12-10-13-17-39)60(85)71-47(30-35(2)3)58(83)69-46(26-29-65)56(81)75-51(37(6)7)61(86)73-48(31-36(4)5)59(84)74-50(34-77)53(67)78/h10-23,35-38,43-52,77H,9,24-34,63-66H2,1-8H3,(H2,67,78)(H,68,79)(H,69,83)(H,70,87)(H,71,85)(H,72,80)(H,73,86)(H,74,84)(H,75,81)(H,76,82)/t38-,43?,44-,45-,46-,47-,48-,49+,50-,51+,52-/m0/s1. The Morgan fingerprint density at radius 3 is 1.22 bits per heavy atom. The van der Waals surface area contributed by atoms with Crippen LogP contribution in [0.25, 0.3) is 11.1 Å². The van der Waals surface area contributed by atoms with Crippen molar-refractivity contribution in [2.24, 2.45) is 52.3 Å². The third-order valence-electron chi connectivity index (χ3n) is 14.6. The Bertz CT molecular complexity index is 2700. The van der Waals surface area contributed by atoms with E-state index in [0.29, 0.717) is 12.0 Å². The molecule has 0 saturated heterocycles. The molecule has 0 fully saturated rings. The first kappa shape index (κ1) is 73.4. The second-order valence-electron chi connectivity index (χ2n) is 23.2. The Hall–Kier alpha value is -7.84. The number of rotatable bonds is 38. The molecular weight excluding hydrogens is 1120 g/mol. The molecule has 0 bridgehead atoms. The lowest BCUT2D eigenvalue weighted by Gasteiger charge is -2.30. The van der Waals surface area contributed by atoms with Crippen LogP contribution in [0.15, 0.2) is 84.9 Å². The number of carbonyl (C=O) groups excluding carboxylic acids is 10. The minimum Gasteiger partial charge on any atom is -0.394 e. The molecule has 1 unspecified atom stereocenters. The van der Waals surface area contributed by atoms with Gasteiger partial charge in [0.2, 0.25) is 59.1 Å². The maximum absolute atomic E-state index is 14.6. The lowest BCUT2D eigenvalue weighted by molar-refractivity contribution is -0.136. The van der Waals surface area contributed by atoms with Crippen LogP contribution >= 0.6 is 0 Å². The summed E-state index contributed by atoms with van der Waals surface area (Å²) in [5.41, 5.74) is 32.9. The monoisotopic (exact) mass is 1210 g/mol. The summed E-state index contributed by atoms with van der Waals surface area (Å²) >= 11 is 0. The number of nitrogens with one attached hydrogen (secondary N) is 9. The van der Waals surface area contributed by atoms with E-state index in [2.05, 4.69) is 47.9 Å². The fourth-order valence-electron chi connectivity index (χ4n) is 9.42. The van der Waals surface area contributed by atoms with Crippen LogP contribution in [0.5, 0.6) is 0 Å². The molecule has 10 amide bonds. The molecular formula is C62H96N14O11. The minimum absolute atomic E-state index is 0.00237. The second-order valence-corrected chi connectivity index (χ2v) is 23.2. The van der Waals surface area contributed by atoms with Crippen LogP contribution in [0.1, 0.15) is 105 Å². The molecule has 25 nitrogen and oxygen atoms in total. The molecule has 20 N–H and O–H groups in total. The predicted octanol–water partition coefficient (Wildman–Crippen LogP) is -0.852. The molecule has 0 aliphatic carbocycles. The molecule has 3 aromatic carbocycles. The predicted molar refractivity (Wildman–Crippen MR) is 332 cm³/mol. The van der Waals surface area contributed by atoms with E-state index < -0.39 is 138 Å². The maximum atomic E-state index is 14.6. The van der Waals surface area contributed by atoms with Crippen molar-refractivity contribution in [1.82, 2.24) is 47.9 Å². The number of benzene rings is 3. The summed E-state index contributed by atoms with van der Waals surface area (Å²) in [7, 11) is 0. The first-order valence-electron chi connectivity index (χ1n) is 29.9. The summed E-state index contributed by atoms with van der Waals surface area (Å²) in [6, 6.07) is 13.5. The van der Waals surface area contributed by atoms with Gasteiger partial charge in [-0.3, -0.25) is 47.9 Å². The van der Waals surface area contributed by atoms with Crippen LogP contribution < -0.4 is 76.5 Å². The maximum Gasteiger partial charge on any atom is 0.243 e. The molecule has 3 rings (SSSR count). The van der Waals surface area contributed by atoms with E-state index in [9.17, 15) is 53.1 Å². The zero-order valence-electron chi connectivity index (χ0n) is 51.6. The average Bonchev–Trinajstić information content (AvgIpc) is 3.08. The number of carbonyl (C=O) groups is 10. The van der Waals surface area contributed by atoms with E-state index in [1.807, 2.05) is 75.4 Å². The lowest BCUT2D eigenvalue weighted by atomic mass is 9.96. The Morgan fingerprint density at radius 2 is 0.770 bits per heavy atom. The van der Waals surface area contributed by atoms with Crippen LogP contribution in [0.3, 0.4) is 0 Å². The van der Waals surface area contributed by atoms with Crippen molar-refractivity contribution in [3.05, 3.63) is 96.1 Å². The summed E-state index contributed by atoms with van der Waals surface area (Å²) in [4.78, 5) is 138. The van der Waals surface area contributed by atoms with E-state index in [-0.39, 0.29) is 76.4 Å². The van der Waals surface area contributed by atoms with Crippen LogP contribution in [0.4, 0.5) is 0 Å². The third kappa shape index (κ3) is 24.8. The fraction of sp³-hybridized carbons (Fsp3) is 0.548. The highest BCUT2D eigenvalue weighted by Crippen LogP contribution is 2.20. The summed E-state index contributed by atoms with van der Waals surface area (Å²) in [6.07, 6.45) is 0.484. The van der Waals surface area contributed by atoms with Crippen molar-refractivity contribution >= 4 is 59.1 Å². The van der Waals surface area contributed by atoms with Crippen LogP contribution in [0, 0.1) is 23.7 Å². The Balaban J connectivity index is 1.83. The molecule has 87 heavy (non-hydrogen) atoms. The normalized spacial score (nSPS) is 15.1. The van der Waals surface area contributed by atoms with E-state index in [1.165, 1.54) is 0 Å². The van der Waals surface area contributed by atoms with Gasteiger partial charge in [0, 0.05) is 6.42 Å². The van der Waals surface area contributed by atoms with Gasteiger partial charge in [0.1, 0.15) is 54.4 Å². The molecule has 0 heterocycles. The van der Waals surface area contributed by atoms with Gasteiger partial charge in [-0.2, -0.15) is 0 Å². The van der Waals surface area contributed by atoms with Gasteiger partial charge in [-0.25, -0.2) is 0 Å². The number of nitrogens with two attached hydrogens (primary N) is 5. The highest BCUT2D eigenvalue weighted by atomic mass is 16.3. The Labute approximate surface area is 511 Å². The van der Waals surface area contributed by atoms with Crippen molar-refractivity contribution in [3.63, 3.8) is 0 Å². The van der Waals surface area contributed by atoms with Gasteiger partial charge in [0.25, 0.3) is 0 Å². The average molecular weight is 1210 g/mol. The van der Waals surface area contributed by atoms with Gasteiger partial charge >= 0.3 is 0 Å². The topological polar surface area (TPSA) is 429 Å². The number of hydrogen-bond donors (Lipinski definition) is 15. The molecule has 0 saturated carbocycles. The van der Waals surface area contributed by atoms with Gasteiger partial charge in [-0.05, 0) is 104 Å². The van der Waals surface area contributed by atoms with Gasteiger partial charge in [0.05, 0.1) is 12.6 Å². The molecule has 3 aromatic rings. The summed E-state index contributed by atoms with van der Waals surface area (Å²) in [6.45, 7) is 13.1. The zero-order valence-corrected chi connectivity index (χ0v) is 51.6. The highest BCUT2D eigenvalue weighted by Gasteiger charge is 2.37. The quantitative estimate of drug-likeness (QED) is 0.0332. The molecule has 25 heteroatoms. The van der Waals surface area contributed by atoms with E-state index in [4.69, 9.17) is 28.7 Å². The van der Waals surface area contributed by atoms with Crippen molar-refractivity contribution in [3.8, 4) is 11.1 Å². The summed E-state index contributed by atoms with van der Waals surface area (Å²) in [5, 5.41) is 33.6. The van der Waals surface area contributed by atoms with E-state index in [0.717, 1.165) is 16.7 Å². The fourth-order valence-corrected chi connectivity index (χ4v) is 9.42. The van der Waals surface area contributed by atoms with Gasteiger partial charge < -0.3 is 81.6 Å². The van der Waals surface area contributed by atoms with Crippen molar-refractivity contribution in [2.45, 2.75) is 167 Å². The van der Waals surface area contributed by atoms with Crippen molar-refractivity contribution in [1.29, 1.82) is 0 Å². The first-order chi connectivity index (χ1) is 41.3. The SMILES string of the molecule is CC[C@H](C)[C@H](NC(=O)[C@H](CCN)NC(=O)C(N)Cc1ccc(-c2ccccc2)cc1)C(=O)N[C@@H](CCN)C(=O)N[C@H](Cc1ccccc1)C(=O)N[C@@H](CC(C)C)C(=O)N[C@@H](CCN)C(=O)N[C@@H](C(=O)N[C@@H](CC(C)C)C(=O)N[C@@H](CO)C(N)=O)C(C)C. The molecule has 0 aliphatic heterocycles. The number of hydrogen-bond acceptors (Lipinski definition) is 15. The number of primary amides is 1. The van der Waals surface area contributed by atoms with Gasteiger partial charge in [0.15, 0.2) is 0 Å². The number of aliphatic hydroxyl groups is 1. The lowest BCUT2D eigenvalue weighted by Crippen LogP contribution is -2.62. The summed E-state index contributed by atoms with van der Waals surface area (Å²) in [5.74, 6) is -9.14. The summed E-state index contributed by atoms with van der Waals surface area (Å²) < 4.78 is 0. The van der Waals surface area contributed by atoms with Gasteiger partial charge in [-0.1, -0.05) is 147 Å². The highest BCUT2D eigenvalue weighted by molar-refractivity contribution is 5.99. The van der Waals surface area contributed by atoms with Crippen LogP contribution in [-0.4, -0.2) is 151 Å². The molecule has 0 aromatic heterocycles. The third-order valence-corrected chi connectivity index (χ3v) is 14.6. The second kappa shape index (κ2) is 37.7. The minimum atomic E-state index is -1.41. The largest absolute Gasteiger partial charge is 0.394 e. The van der Waals surface area contributed by atoms with E-state index >= 15 is 0 Å². The van der Waals surface area contributed by atoms with Crippen LogP contribution in [-0.2, 0) is 60.8 Å². The first-order valence-corrected chi connectivity index (χ1v) is 29.9. The zero-order chi connectivity index (χ0) is 64.9. The Kier molecular flexibility index (Phi) is 31.8. The van der Waals surface area contributed by atoms with E-state index in [1.54, 1.807) is 65.0 Å². The Morgan fingerprint density at radius 1 is 0.414 bits per heavy atom. The molecule has 0 aliphatic rings. The smallest absolute Gasteiger partial charge is 0.243 e. The van der Waals surface area contributed by atoms with Crippen molar-refractivity contribution in [2.75, 3.05) is 26.2 Å². The van der Waals surface area contributed by atoms with Crippen molar-refractivity contribution < 1.29 is 53.1 Å². The number of amides is 10. The molecule has 0 radical (unpaired) electrons. The number of aliphatic hydroxyl groups excluding tert-OH is 1. The molecule has 480 valence electrons.